The fourth-order valence-electron chi connectivity index (χ4n) is 2.40. The predicted molar refractivity (Wildman–Crippen MR) is 74.8 cm³/mol. The fourth-order valence-corrected chi connectivity index (χ4v) is 2.40. The first-order valence-corrected chi connectivity index (χ1v) is 7.15. The lowest BCUT2D eigenvalue weighted by Gasteiger charge is -2.23. The topological polar surface area (TPSA) is 69.6 Å². The first kappa shape index (κ1) is 13.9. The molecule has 0 unspecified atom stereocenters. The van der Waals surface area contributed by atoms with Gasteiger partial charge in [0.2, 0.25) is 0 Å². The van der Waals surface area contributed by atoms with Crippen molar-refractivity contribution in [2.75, 3.05) is 11.9 Å². The number of benzene rings is 1. The summed E-state index contributed by atoms with van der Waals surface area (Å²) >= 11 is 0. The van der Waals surface area contributed by atoms with E-state index in [1.165, 1.54) is 12.1 Å². The van der Waals surface area contributed by atoms with Crippen molar-refractivity contribution < 1.29 is 19.1 Å². The van der Waals surface area contributed by atoms with Crippen molar-refractivity contribution in [2.24, 2.45) is 5.92 Å². The van der Waals surface area contributed by atoms with Gasteiger partial charge >= 0.3 is 12.0 Å². The Bertz CT molecular complexity index is 582. The van der Waals surface area contributed by atoms with Crippen LogP contribution in [0.25, 0.3) is 0 Å². The summed E-state index contributed by atoms with van der Waals surface area (Å²) in [7, 11) is 0. The monoisotopic (exact) mass is 292 g/mol. The van der Waals surface area contributed by atoms with Gasteiger partial charge in [-0.3, -0.25) is 0 Å². The Morgan fingerprint density at radius 3 is 2.57 bits per heavy atom. The van der Waals surface area contributed by atoms with Gasteiger partial charge in [0.25, 0.3) is 0 Å². The highest BCUT2D eigenvalue weighted by atomic mass is 19.1. The lowest BCUT2D eigenvalue weighted by atomic mass is 10.1. The van der Waals surface area contributed by atoms with Crippen molar-refractivity contribution >= 4 is 17.7 Å². The number of hydrogen-bond donors (Lipinski definition) is 2. The highest BCUT2D eigenvalue weighted by Gasteiger charge is 2.36. The van der Waals surface area contributed by atoms with E-state index in [1.807, 2.05) is 0 Å². The molecule has 2 amide bonds. The SMILES string of the molecule is O=C(O)c1c(F)cccc1NC(=O)N(CC1CC1)C1CC1. The second-order valence-electron chi connectivity index (χ2n) is 5.72. The smallest absolute Gasteiger partial charge is 0.340 e. The molecule has 6 heteroatoms. The van der Waals surface area contributed by atoms with Gasteiger partial charge in [-0.25, -0.2) is 14.0 Å². The van der Waals surface area contributed by atoms with Crippen LogP contribution in [-0.2, 0) is 0 Å². The summed E-state index contributed by atoms with van der Waals surface area (Å²) in [5.74, 6) is -1.67. The normalized spacial score (nSPS) is 17.4. The van der Waals surface area contributed by atoms with Crippen LogP contribution in [0.15, 0.2) is 18.2 Å². The first-order chi connectivity index (χ1) is 10.1. The fraction of sp³-hybridized carbons (Fsp3) is 0.467. The van der Waals surface area contributed by atoms with Gasteiger partial charge in [0.1, 0.15) is 11.4 Å². The molecule has 3 rings (SSSR count). The average molecular weight is 292 g/mol. The number of nitrogens with zero attached hydrogens (tertiary/aromatic N) is 1. The molecular weight excluding hydrogens is 275 g/mol. The third-order valence-corrected chi connectivity index (χ3v) is 3.87. The van der Waals surface area contributed by atoms with E-state index >= 15 is 0 Å². The maximum atomic E-state index is 13.6. The van der Waals surface area contributed by atoms with E-state index < -0.39 is 17.3 Å². The van der Waals surface area contributed by atoms with Crippen molar-refractivity contribution in [3.63, 3.8) is 0 Å². The van der Waals surface area contributed by atoms with Crippen molar-refractivity contribution in [3.8, 4) is 0 Å². The van der Waals surface area contributed by atoms with Gasteiger partial charge in [0.15, 0.2) is 0 Å². The third-order valence-electron chi connectivity index (χ3n) is 3.87. The minimum Gasteiger partial charge on any atom is -0.478 e. The summed E-state index contributed by atoms with van der Waals surface area (Å²) in [5.41, 5.74) is -0.484. The number of nitrogens with one attached hydrogen (secondary N) is 1. The van der Waals surface area contributed by atoms with Crippen molar-refractivity contribution in [1.29, 1.82) is 0 Å². The van der Waals surface area contributed by atoms with Gasteiger partial charge in [0.05, 0.1) is 5.69 Å². The molecule has 2 saturated carbocycles. The van der Waals surface area contributed by atoms with Crippen molar-refractivity contribution in [2.45, 2.75) is 31.7 Å². The van der Waals surface area contributed by atoms with E-state index in [0.29, 0.717) is 12.5 Å². The number of hydrogen-bond acceptors (Lipinski definition) is 2. The number of carbonyl (C=O) groups is 2. The quantitative estimate of drug-likeness (QED) is 0.876. The number of aromatic carboxylic acids is 1. The van der Waals surface area contributed by atoms with Crippen LogP contribution in [0.2, 0.25) is 0 Å². The van der Waals surface area contributed by atoms with Gasteiger partial charge in [0, 0.05) is 12.6 Å². The van der Waals surface area contributed by atoms with Gasteiger partial charge in [-0.2, -0.15) is 0 Å². The summed E-state index contributed by atoms with van der Waals surface area (Å²) in [5, 5.41) is 11.6. The zero-order valence-corrected chi connectivity index (χ0v) is 11.5. The molecule has 0 heterocycles. The van der Waals surface area contributed by atoms with Crippen LogP contribution in [0, 0.1) is 11.7 Å². The van der Waals surface area contributed by atoms with Crippen LogP contribution in [-0.4, -0.2) is 34.6 Å². The van der Waals surface area contributed by atoms with Crippen LogP contribution >= 0.6 is 0 Å². The van der Waals surface area contributed by atoms with E-state index in [2.05, 4.69) is 5.32 Å². The molecule has 2 aliphatic carbocycles. The molecule has 112 valence electrons. The third kappa shape index (κ3) is 3.15. The Hall–Kier alpha value is -2.11. The largest absolute Gasteiger partial charge is 0.478 e. The first-order valence-electron chi connectivity index (χ1n) is 7.15. The number of carbonyl (C=O) groups excluding carboxylic acids is 1. The van der Waals surface area contributed by atoms with E-state index in [9.17, 15) is 14.0 Å². The molecule has 0 aliphatic heterocycles. The molecule has 1 aromatic rings. The Balaban J connectivity index is 1.77. The van der Waals surface area contributed by atoms with E-state index in [0.717, 1.165) is 31.7 Å². The Labute approximate surface area is 121 Å². The van der Waals surface area contributed by atoms with Crippen LogP contribution in [0.3, 0.4) is 0 Å². The maximum Gasteiger partial charge on any atom is 0.340 e. The standard InChI is InChI=1S/C15H17FN2O3/c16-11-2-1-3-12(13(11)14(19)20)17-15(21)18(10-6-7-10)8-9-4-5-9/h1-3,9-10H,4-8H2,(H,17,21)(H,19,20). The average Bonchev–Trinajstić information content (AvgIpc) is 3.28. The van der Waals surface area contributed by atoms with Gasteiger partial charge in [-0.05, 0) is 43.7 Å². The molecule has 1 aromatic carbocycles. The second kappa shape index (κ2) is 5.35. The number of urea groups is 1. The van der Waals surface area contributed by atoms with Crippen LogP contribution in [0.5, 0.6) is 0 Å². The molecule has 5 nitrogen and oxygen atoms in total. The Kier molecular flexibility index (Phi) is 3.53. The molecular formula is C15H17FN2O3. The molecule has 21 heavy (non-hydrogen) atoms. The zero-order chi connectivity index (χ0) is 15.0. The summed E-state index contributed by atoms with van der Waals surface area (Å²) < 4.78 is 13.6. The second-order valence-corrected chi connectivity index (χ2v) is 5.72. The van der Waals surface area contributed by atoms with Crippen LogP contribution < -0.4 is 5.32 Å². The minimum atomic E-state index is -1.39. The number of anilines is 1. The summed E-state index contributed by atoms with van der Waals surface area (Å²) in [6.07, 6.45) is 4.23. The molecule has 2 N–H and O–H groups in total. The van der Waals surface area contributed by atoms with Gasteiger partial charge in [-0.15, -0.1) is 0 Å². The highest BCUT2D eigenvalue weighted by molar-refractivity contribution is 6.00. The lowest BCUT2D eigenvalue weighted by molar-refractivity contribution is 0.0693. The molecule has 0 bridgehead atoms. The highest BCUT2D eigenvalue weighted by Crippen LogP contribution is 2.35. The Morgan fingerprint density at radius 2 is 2.00 bits per heavy atom. The summed E-state index contributed by atoms with van der Waals surface area (Å²) in [4.78, 5) is 25.2. The molecule has 2 aliphatic rings. The van der Waals surface area contributed by atoms with Gasteiger partial charge < -0.3 is 15.3 Å². The van der Waals surface area contributed by atoms with Crippen molar-refractivity contribution in [3.05, 3.63) is 29.6 Å². The number of carboxylic acid groups (broad SMARTS) is 1. The zero-order valence-electron chi connectivity index (χ0n) is 11.5. The predicted octanol–water partition coefficient (Wildman–Crippen LogP) is 2.93. The van der Waals surface area contributed by atoms with Crippen LogP contribution in [0.1, 0.15) is 36.0 Å². The van der Waals surface area contributed by atoms with E-state index in [-0.39, 0.29) is 17.8 Å². The molecule has 2 fully saturated rings. The number of amides is 2. The summed E-state index contributed by atoms with van der Waals surface area (Å²) in [6, 6.07) is 3.78. The number of rotatable bonds is 5. The number of halogens is 1. The molecule has 0 spiro atoms. The summed E-state index contributed by atoms with van der Waals surface area (Å²) in [6.45, 7) is 0.703. The van der Waals surface area contributed by atoms with Crippen molar-refractivity contribution in [1.82, 2.24) is 4.90 Å². The van der Waals surface area contributed by atoms with E-state index in [1.54, 1.807) is 4.90 Å². The van der Waals surface area contributed by atoms with Gasteiger partial charge in [-0.1, -0.05) is 6.07 Å². The lowest BCUT2D eigenvalue weighted by Crippen LogP contribution is -2.38. The molecule has 0 aromatic heterocycles. The molecule has 0 radical (unpaired) electrons. The molecule has 0 atom stereocenters. The number of carboxylic acids is 1. The van der Waals surface area contributed by atoms with E-state index in [4.69, 9.17) is 5.11 Å². The maximum absolute atomic E-state index is 13.6. The minimum absolute atomic E-state index is 0.00828. The molecule has 0 saturated heterocycles. The van der Waals surface area contributed by atoms with Crippen LogP contribution in [0.4, 0.5) is 14.9 Å². The Morgan fingerprint density at radius 1 is 1.29 bits per heavy atom.